The average molecular weight is 267 g/mol. The van der Waals surface area contributed by atoms with Gasteiger partial charge in [0.15, 0.2) is 5.82 Å². The number of benzene rings is 1. The van der Waals surface area contributed by atoms with Crippen molar-refractivity contribution < 1.29 is 4.39 Å². The van der Waals surface area contributed by atoms with Crippen LogP contribution in [0.3, 0.4) is 0 Å². The van der Waals surface area contributed by atoms with Gasteiger partial charge in [0.05, 0.1) is 17.9 Å². The van der Waals surface area contributed by atoms with E-state index < -0.39 is 0 Å². The van der Waals surface area contributed by atoms with Crippen LogP contribution in [0, 0.1) is 5.82 Å². The Kier molecular flexibility index (Phi) is 3.62. The minimum atomic E-state index is -0.283. The topological polar surface area (TPSA) is 63.8 Å². The molecule has 18 heavy (non-hydrogen) atoms. The van der Waals surface area contributed by atoms with E-state index in [-0.39, 0.29) is 17.1 Å². The van der Waals surface area contributed by atoms with E-state index in [1.807, 2.05) is 13.0 Å². The lowest BCUT2D eigenvalue weighted by molar-refractivity contribution is 0.623. The quantitative estimate of drug-likeness (QED) is 0.838. The molecule has 0 aliphatic heterocycles. The Hall–Kier alpha value is -1.88. The maximum absolute atomic E-state index is 13.1. The smallest absolute Gasteiger partial charge is 0.224 e. The van der Waals surface area contributed by atoms with Gasteiger partial charge in [0.25, 0.3) is 0 Å². The third-order valence-corrected chi connectivity index (χ3v) is 2.67. The Bertz CT molecular complexity index is 562. The van der Waals surface area contributed by atoms with Crippen molar-refractivity contribution in [3.05, 3.63) is 47.1 Å². The van der Waals surface area contributed by atoms with Gasteiger partial charge in [-0.15, -0.1) is 0 Å². The Morgan fingerprint density at radius 1 is 1.44 bits per heavy atom. The summed E-state index contributed by atoms with van der Waals surface area (Å²) in [6.07, 6.45) is 1.43. The van der Waals surface area contributed by atoms with Gasteiger partial charge < -0.3 is 11.1 Å². The highest BCUT2D eigenvalue weighted by molar-refractivity contribution is 6.28. The number of nitrogen functional groups attached to an aromatic ring is 1. The number of hydrogen-bond donors (Lipinski definition) is 2. The van der Waals surface area contributed by atoms with E-state index in [9.17, 15) is 4.39 Å². The molecule has 4 nitrogen and oxygen atoms in total. The summed E-state index contributed by atoms with van der Waals surface area (Å²) in [5, 5.41) is 3.18. The minimum Gasteiger partial charge on any atom is -0.394 e. The SMILES string of the molecule is CC(Nc1nc(Cl)ncc1N)c1cccc(F)c1. The first-order valence-electron chi connectivity index (χ1n) is 5.36. The lowest BCUT2D eigenvalue weighted by atomic mass is 10.1. The molecule has 6 heteroatoms. The summed E-state index contributed by atoms with van der Waals surface area (Å²) in [6, 6.07) is 6.18. The summed E-state index contributed by atoms with van der Waals surface area (Å²) < 4.78 is 13.1. The summed E-state index contributed by atoms with van der Waals surface area (Å²) >= 11 is 5.69. The standard InChI is InChI=1S/C12H12ClFN4/c1-7(8-3-2-4-9(14)5-8)17-11-10(15)6-16-12(13)18-11/h2-7H,15H2,1H3,(H,16,17,18). The van der Waals surface area contributed by atoms with E-state index >= 15 is 0 Å². The van der Waals surface area contributed by atoms with Crippen LogP contribution in [0.4, 0.5) is 15.9 Å². The molecular formula is C12H12ClFN4. The van der Waals surface area contributed by atoms with Crippen molar-refractivity contribution in [1.82, 2.24) is 9.97 Å². The van der Waals surface area contributed by atoms with Crippen molar-refractivity contribution >= 4 is 23.1 Å². The molecule has 0 amide bonds. The number of hydrogen-bond acceptors (Lipinski definition) is 4. The number of halogens is 2. The predicted octanol–water partition coefficient (Wildman–Crippen LogP) is 3.02. The second-order valence-corrected chi connectivity index (χ2v) is 4.20. The van der Waals surface area contributed by atoms with Crippen LogP contribution in [0.2, 0.25) is 5.28 Å². The molecule has 1 unspecified atom stereocenters. The molecule has 0 aliphatic rings. The van der Waals surface area contributed by atoms with E-state index in [2.05, 4.69) is 15.3 Å². The molecule has 0 fully saturated rings. The monoisotopic (exact) mass is 266 g/mol. The Morgan fingerprint density at radius 2 is 2.22 bits per heavy atom. The number of anilines is 2. The van der Waals surface area contributed by atoms with Gasteiger partial charge in [-0.25, -0.2) is 9.37 Å². The number of nitrogens with two attached hydrogens (primary N) is 1. The van der Waals surface area contributed by atoms with Crippen LogP contribution < -0.4 is 11.1 Å². The van der Waals surface area contributed by atoms with E-state index in [4.69, 9.17) is 17.3 Å². The fourth-order valence-electron chi connectivity index (χ4n) is 1.55. The van der Waals surface area contributed by atoms with Gasteiger partial charge in [-0.3, -0.25) is 0 Å². The van der Waals surface area contributed by atoms with Gasteiger partial charge in [0.1, 0.15) is 5.82 Å². The third kappa shape index (κ3) is 2.87. The van der Waals surface area contributed by atoms with Crippen molar-refractivity contribution in [2.24, 2.45) is 0 Å². The fourth-order valence-corrected chi connectivity index (χ4v) is 1.68. The molecule has 0 saturated carbocycles. The highest BCUT2D eigenvalue weighted by atomic mass is 35.5. The fraction of sp³-hybridized carbons (Fsp3) is 0.167. The molecular weight excluding hydrogens is 255 g/mol. The van der Waals surface area contributed by atoms with Crippen LogP contribution in [-0.2, 0) is 0 Å². The summed E-state index contributed by atoms with van der Waals surface area (Å²) in [5.74, 6) is 0.154. The van der Waals surface area contributed by atoms with Crippen LogP contribution in [0.25, 0.3) is 0 Å². The van der Waals surface area contributed by atoms with Gasteiger partial charge in [0, 0.05) is 0 Å². The van der Waals surface area contributed by atoms with E-state index in [0.717, 1.165) is 5.56 Å². The molecule has 0 aliphatic carbocycles. The van der Waals surface area contributed by atoms with E-state index in [0.29, 0.717) is 11.5 Å². The largest absolute Gasteiger partial charge is 0.394 e. The molecule has 2 rings (SSSR count). The zero-order chi connectivity index (χ0) is 13.1. The number of aromatic nitrogens is 2. The highest BCUT2D eigenvalue weighted by Gasteiger charge is 2.10. The molecule has 0 radical (unpaired) electrons. The minimum absolute atomic E-state index is 0.109. The number of nitrogens with one attached hydrogen (secondary N) is 1. The van der Waals surface area contributed by atoms with Gasteiger partial charge in [-0.1, -0.05) is 12.1 Å². The molecule has 1 atom stereocenters. The molecule has 1 heterocycles. The number of nitrogens with zero attached hydrogens (tertiary/aromatic N) is 2. The van der Waals surface area contributed by atoms with E-state index in [1.165, 1.54) is 18.3 Å². The van der Waals surface area contributed by atoms with Crippen LogP contribution in [-0.4, -0.2) is 9.97 Å². The van der Waals surface area contributed by atoms with Crippen LogP contribution in [0.5, 0.6) is 0 Å². The van der Waals surface area contributed by atoms with Crippen molar-refractivity contribution in [3.8, 4) is 0 Å². The van der Waals surface area contributed by atoms with Gasteiger partial charge in [0.2, 0.25) is 5.28 Å². The molecule has 2 aromatic rings. The first-order chi connectivity index (χ1) is 8.56. The Balaban J connectivity index is 2.21. The molecule has 3 N–H and O–H groups in total. The zero-order valence-electron chi connectivity index (χ0n) is 9.69. The summed E-state index contributed by atoms with van der Waals surface area (Å²) in [6.45, 7) is 1.88. The van der Waals surface area contributed by atoms with Crippen LogP contribution in [0.15, 0.2) is 30.5 Å². The lowest BCUT2D eigenvalue weighted by Crippen LogP contribution is -2.10. The zero-order valence-corrected chi connectivity index (χ0v) is 10.4. The highest BCUT2D eigenvalue weighted by Crippen LogP contribution is 2.23. The van der Waals surface area contributed by atoms with Crippen molar-refractivity contribution in [1.29, 1.82) is 0 Å². The Morgan fingerprint density at radius 3 is 2.94 bits per heavy atom. The maximum atomic E-state index is 13.1. The molecule has 0 bridgehead atoms. The maximum Gasteiger partial charge on any atom is 0.224 e. The van der Waals surface area contributed by atoms with Crippen molar-refractivity contribution in [3.63, 3.8) is 0 Å². The average Bonchev–Trinajstić information content (AvgIpc) is 2.34. The molecule has 1 aromatic carbocycles. The third-order valence-electron chi connectivity index (χ3n) is 2.49. The number of rotatable bonds is 3. The lowest BCUT2D eigenvalue weighted by Gasteiger charge is -2.16. The van der Waals surface area contributed by atoms with Gasteiger partial charge >= 0.3 is 0 Å². The normalized spacial score (nSPS) is 12.2. The molecule has 0 spiro atoms. The van der Waals surface area contributed by atoms with Crippen LogP contribution in [0.1, 0.15) is 18.5 Å². The van der Waals surface area contributed by atoms with Gasteiger partial charge in [-0.2, -0.15) is 4.98 Å². The van der Waals surface area contributed by atoms with Crippen molar-refractivity contribution in [2.45, 2.75) is 13.0 Å². The molecule has 0 saturated heterocycles. The van der Waals surface area contributed by atoms with Crippen LogP contribution >= 0.6 is 11.6 Å². The summed E-state index contributed by atoms with van der Waals surface area (Å²) in [5.41, 5.74) is 6.91. The Labute approximate surface area is 109 Å². The first-order valence-corrected chi connectivity index (χ1v) is 5.74. The van der Waals surface area contributed by atoms with E-state index in [1.54, 1.807) is 6.07 Å². The van der Waals surface area contributed by atoms with Crippen molar-refractivity contribution in [2.75, 3.05) is 11.1 Å². The predicted molar refractivity (Wildman–Crippen MR) is 69.9 cm³/mol. The first kappa shape index (κ1) is 12.6. The van der Waals surface area contributed by atoms with Gasteiger partial charge in [-0.05, 0) is 36.2 Å². The molecule has 94 valence electrons. The summed E-state index contributed by atoms with van der Waals surface area (Å²) in [4.78, 5) is 7.75. The second-order valence-electron chi connectivity index (χ2n) is 3.86. The second kappa shape index (κ2) is 5.18. The summed E-state index contributed by atoms with van der Waals surface area (Å²) in [7, 11) is 0. The molecule has 1 aromatic heterocycles.